The lowest BCUT2D eigenvalue weighted by Gasteiger charge is -1.94. The fraction of sp³-hybridized carbons (Fsp3) is 1.00. The Bertz CT molecular complexity index is 87.9. The van der Waals surface area contributed by atoms with Crippen LogP contribution in [-0.4, -0.2) is 20.7 Å². The van der Waals surface area contributed by atoms with E-state index in [0.717, 1.165) is 18.2 Å². The van der Waals surface area contributed by atoms with E-state index in [2.05, 4.69) is 20.1 Å². The Morgan fingerprint density at radius 3 is 2.67 bits per heavy atom. The molecule has 0 aromatic rings. The molecule has 5 heteroatoms. The molecule has 9 heavy (non-hydrogen) atoms. The molecule has 0 aliphatic rings. The first kappa shape index (κ1) is 9.55. The standard InChI is InChI=1S/C4H9BrO3S/c5-3-1-2-4-8-9(6)7/h1-4H2,(H,6,7). The molecular weight excluding hydrogens is 208 g/mol. The van der Waals surface area contributed by atoms with Crippen molar-refractivity contribution in [1.82, 2.24) is 0 Å². The predicted octanol–water partition coefficient (Wildman–Crippen LogP) is 1.31. The number of alkyl halides is 1. The van der Waals surface area contributed by atoms with Gasteiger partial charge in [-0.1, -0.05) is 15.9 Å². The van der Waals surface area contributed by atoms with Crippen LogP contribution in [0.4, 0.5) is 0 Å². The summed E-state index contributed by atoms with van der Waals surface area (Å²) in [7, 11) is 0. The van der Waals surface area contributed by atoms with E-state index in [0.29, 0.717) is 6.61 Å². The average Bonchev–Trinajstić information content (AvgIpc) is 1.80. The largest absolute Gasteiger partial charge is 0.301 e. The van der Waals surface area contributed by atoms with Crippen LogP contribution in [0.3, 0.4) is 0 Å². The fourth-order valence-corrected chi connectivity index (χ4v) is 0.984. The summed E-state index contributed by atoms with van der Waals surface area (Å²) in [6, 6.07) is 0. The molecule has 0 spiro atoms. The molecule has 0 fully saturated rings. The third-order valence-corrected chi connectivity index (χ3v) is 1.64. The van der Waals surface area contributed by atoms with Crippen LogP contribution in [0.25, 0.3) is 0 Å². The molecule has 0 saturated carbocycles. The van der Waals surface area contributed by atoms with Crippen molar-refractivity contribution >= 4 is 27.3 Å². The van der Waals surface area contributed by atoms with E-state index in [1.807, 2.05) is 0 Å². The number of hydrogen-bond acceptors (Lipinski definition) is 2. The summed E-state index contributed by atoms with van der Waals surface area (Å²) in [5.74, 6) is 0. The molecule has 0 amide bonds. The lowest BCUT2D eigenvalue weighted by molar-refractivity contribution is 0.301. The molecule has 1 atom stereocenters. The fourth-order valence-electron chi connectivity index (χ4n) is 0.327. The number of hydrogen-bond donors (Lipinski definition) is 1. The minimum absolute atomic E-state index is 0.356. The summed E-state index contributed by atoms with van der Waals surface area (Å²) in [4.78, 5) is 0. The Labute approximate surface area is 65.4 Å². The zero-order chi connectivity index (χ0) is 7.11. The summed E-state index contributed by atoms with van der Waals surface area (Å²) >= 11 is 1.14. The summed E-state index contributed by atoms with van der Waals surface area (Å²) in [5, 5.41) is 0.911. The molecule has 0 saturated heterocycles. The second-order valence-electron chi connectivity index (χ2n) is 1.44. The molecule has 56 valence electrons. The van der Waals surface area contributed by atoms with Gasteiger partial charge >= 0.3 is 11.4 Å². The summed E-state index contributed by atoms with van der Waals surface area (Å²) in [5.41, 5.74) is 0. The monoisotopic (exact) mass is 216 g/mol. The van der Waals surface area contributed by atoms with Crippen molar-refractivity contribution in [1.29, 1.82) is 0 Å². The molecule has 0 bridgehead atoms. The zero-order valence-electron chi connectivity index (χ0n) is 4.88. The third kappa shape index (κ3) is 8.55. The van der Waals surface area contributed by atoms with Gasteiger partial charge in [0.1, 0.15) is 0 Å². The topological polar surface area (TPSA) is 46.5 Å². The van der Waals surface area contributed by atoms with Crippen LogP contribution in [0.1, 0.15) is 12.8 Å². The molecule has 1 N–H and O–H groups in total. The Hall–Kier alpha value is 0.550. The van der Waals surface area contributed by atoms with Gasteiger partial charge in [-0.05, 0) is 12.8 Å². The number of rotatable bonds is 5. The van der Waals surface area contributed by atoms with Crippen molar-refractivity contribution in [2.75, 3.05) is 11.9 Å². The van der Waals surface area contributed by atoms with Crippen molar-refractivity contribution in [2.24, 2.45) is 0 Å². The lowest BCUT2D eigenvalue weighted by Crippen LogP contribution is -1.97. The van der Waals surface area contributed by atoms with E-state index in [9.17, 15) is 4.21 Å². The van der Waals surface area contributed by atoms with Crippen LogP contribution in [0.2, 0.25) is 0 Å². The van der Waals surface area contributed by atoms with Crippen LogP contribution in [0.15, 0.2) is 0 Å². The van der Waals surface area contributed by atoms with Gasteiger partial charge in [-0.2, -0.15) is 4.21 Å². The van der Waals surface area contributed by atoms with E-state index < -0.39 is 11.4 Å². The summed E-state index contributed by atoms with van der Waals surface area (Å²) < 4.78 is 22.3. The normalized spacial score (nSPS) is 13.6. The summed E-state index contributed by atoms with van der Waals surface area (Å²) in [6.45, 7) is 0.356. The highest BCUT2D eigenvalue weighted by atomic mass is 79.9. The van der Waals surface area contributed by atoms with E-state index in [4.69, 9.17) is 4.55 Å². The number of halogens is 1. The molecule has 3 nitrogen and oxygen atoms in total. The minimum Gasteiger partial charge on any atom is -0.284 e. The smallest absolute Gasteiger partial charge is 0.284 e. The van der Waals surface area contributed by atoms with Crippen LogP contribution in [0.5, 0.6) is 0 Å². The molecule has 0 aliphatic heterocycles. The van der Waals surface area contributed by atoms with Crippen molar-refractivity contribution in [3.8, 4) is 0 Å². The molecule has 0 aromatic carbocycles. The minimum atomic E-state index is -2.08. The molecule has 0 radical (unpaired) electrons. The maximum absolute atomic E-state index is 9.84. The van der Waals surface area contributed by atoms with Crippen LogP contribution in [0, 0.1) is 0 Å². The molecule has 0 aliphatic carbocycles. The molecule has 0 rings (SSSR count). The zero-order valence-corrected chi connectivity index (χ0v) is 7.28. The summed E-state index contributed by atoms with van der Waals surface area (Å²) in [6.07, 6.45) is 1.79. The van der Waals surface area contributed by atoms with Gasteiger partial charge in [0.25, 0.3) is 0 Å². The van der Waals surface area contributed by atoms with E-state index in [1.54, 1.807) is 0 Å². The Balaban J connectivity index is 2.83. The quantitative estimate of drug-likeness (QED) is 0.429. The Morgan fingerprint density at radius 1 is 1.56 bits per heavy atom. The highest BCUT2D eigenvalue weighted by molar-refractivity contribution is 9.09. The second kappa shape index (κ2) is 6.67. The van der Waals surface area contributed by atoms with E-state index in [1.165, 1.54) is 0 Å². The maximum atomic E-state index is 9.84. The Morgan fingerprint density at radius 2 is 2.22 bits per heavy atom. The second-order valence-corrected chi connectivity index (χ2v) is 2.90. The van der Waals surface area contributed by atoms with Crippen LogP contribution < -0.4 is 0 Å². The van der Waals surface area contributed by atoms with E-state index >= 15 is 0 Å². The first-order valence-electron chi connectivity index (χ1n) is 2.57. The number of unbranched alkanes of at least 4 members (excludes halogenated alkanes) is 1. The van der Waals surface area contributed by atoms with Gasteiger partial charge in [0, 0.05) is 5.33 Å². The van der Waals surface area contributed by atoms with Crippen molar-refractivity contribution < 1.29 is 12.9 Å². The van der Waals surface area contributed by atoms with Gasteiger partial charge in [-0.25, -0.2) is 0 Å². The first-order chi connectivity index (χ1) is 4.27. The van der Waals surface area contributed by atoms with Gasteiger partial charge in [0.05, 0.1) is 6.61 Å². The Kier molecular flexibility index (Phi) is 7.07. The van der Waals surface area contributed by atoms with Gasteiger partial charge in [-0.3, -0.25) is 8.74 Å². The molecular formula is C4H9BrO3S. The van der Waals surface area contributed by atoms with Gasteiger partial charge < -0.3 is 0 Å². The molecule has 0 aromatic heterocycles. The van der Waals surface area contributed by atoms with Gasteiger partial charge in [0.15, 0.2) is 0 Å². The average molecular weight is 217 g/mol. The van der Waals surface area contributed by atoms with Crippen molar-refractivity contribution in [3.63, 3.8) is 0 Å². The van der Waals surface area contributed by atoms with E-state index in [-0.39, 0.29) is 0 Å². The van der Waals surface area contributed by atoms with Gasteiger partial charge in [0.2, 0.25) is 0 Å². The predicted molar refractivity (Wildman–Crippen MR) is 39.8 cm³/mol. The van der Waals surface area contributed by atoms with Crippen LogP contribution in [-0.2, 0) is 15.5 Å². The van der Waals surface area contributed by atoms with Crippen molar-refractivity contribution in [3.05, 3.63) is 0 Å². The maximum Gasteiger partial charge on any atom is 0.301 e. The third-order valence-electron chi connectivity index (χ3n) is 0.712. The molecule has 1 unspecified atom stereocenters. The SMILES string of the molecule is O=S(O)OCCCCBr. The highest BCUT2D eigenvalue weighted by Gasteiger charge is 1.91. The van der Waals surface area contributed by atoms with Crippen LogP contribution >= 0.6 is 15.9 Å². The van der Waals surface area contributed by atoms with Crippen molar-refractivity contribution in [2.45, 2.75) is 12.8 Å². The molecule has 0 heterocycles. The highest BCUT2D eigenvalue weighted by Crippen LogP contribution is 1.94. The van der Waals surface area contributed by atoms with Gasteiger partial charge in [-0.15, -0.1) is 0 Å². The first-order valence-corrected chi connectivity index (χ1v) is 4.73. The lowest BCUT2D eigenvalue weighted by atomic mass is 10.4.